The second-order valence-corrected chi connectivity index (χ2v) is 5.11. The highest BCUT2D eigenvalue weighted by Crippen LogP contribution is 2.34. The lowest BCUT2D eigenvalue weighted by Gasteiger charge is -2.14. The highest BCUT2D eigenvalue weighted by atomic mass is 35.5. The van der Waals surface area contributed by atoms with E-state index in [1.54, 1.807) is 0 Å². The van der Waals surface area contributed by atoms with Gasteiger partial charge in [0.25, 0.3) is 0 Å². The van der Waals surface area contributed by atoms with E-state index >= 15 is 0 Å². The number of nitrogens with one attached hydrogen (secondary N) is 1. The standard InChI is InChI=1S/C12H10ClF6NO.HNO2S/c1-2-10(20-21-6-11(14,15)16)8-5-7(13)3-4-9(8)12(17,18)19;1-4(2)3/h3-5H,2,6H2,1H3;1H/b20-10+;. The SMILES string of the molecule is CC/C(=N\OCC(F)(F)F)c1cc(Cl)ccc1C(F)(F)F.N=S(=O)=O. The molecule has 0 saturated heterocycles. The first-order valence-electron chi connectivity index (χ1n) is 6.21. The molecule has 1 rings (SSSR count). The van der Waals surface area contributed by atoms with Crippen LogP contribution in [0.15, 0.2) is 23.4 Å². The monoisotopic (exact) mass is 412 g/mol. The highest BCUT2D eigenvalue weighted by Gasteiger charge is 2.34. The molecule has 0 bridgehead atoms. The molecule has 0 amide bonds. The van der Waals surface area contributed by atoms with Crippen molar-refractivity contribution in [3.8, 4) is 0 Å². The molecule has 1 aromatic carbocycles. The molecule has 5 nitrogen and oxygen atoms in total. The molecule has 25 heavy (non-hydrogen) atoms. The minimum atomic E-state index is -4.68. The van der Waals surface area contributed by atoms with Crippen LogP contribution in [0.25, 0.3) is 0 Å². The molecule has 0 aliphatic rings. The van der Waals surface area contributed by atoms with Crippen LogP contribution in [0.4, 0.5) is 26.3 Å². The third-order valence-electron chi connectivity index (χ3n) is 2.34. The molecule has 0 spiro atoms. The Balaban J connectivity index is 0.00000129. The number of rotatable bonds is 4. The third-order valence-corrected chi connectivity index (χ3v) is 2.57. The highest BCUT2D eigenvalue weighted by molar-refractivity contribution is 7.60. The Kier molecular flexibility index (Phi) is 8.91. The number of benzene rings is 1. The van der Waals surface area contributed by atoms with Crippen molar-refractivity contribution in [2.75, 3.05) is 6.61 Å². The average molecular weight is 413 g/mol. The minimum absolute atomic E-state index is 0.00923. The summed E-state index contributed by atoms with van der Waals surface area (Å²) in [7, 11) is -2.61. The van der Waals surface area contributed by atoms with E-state index in [9.17, 15) is 26.3 Å². The maximum atomic E-state index is 12.9. The zero-order valence-electron chi connectivity index (χ0n) is 12.4. The Hall–Kier alpha value is -1.82. The zero-order chi connectivity index (χ0) is 19.8. The lowest BCUT2D eigenvalue weighted by atomic mass is 10.0. The van der Waals surface area contributed by atoms with Crippen LogP contribution in [0.3, 0.4) is 0 Å². The molecule has 0 aliphatic heterocycles. The second-order valence-electron chi connectivity index (χ2n) is 4.20. The maximum absolute atomic E-state index is 12.9. The number of nitrogens with zero attached hydrogens (tertiary/aromatic N) is 1. The number of hydrogen-bond acceptors (Lipinski definition) is 5. The molecule has 0 aromatic heterocycles. The fourth-order valence-corrected chi connectivity index (χ4v) is 1.66. The van der Waals surface area contributed by atoms with E-state index in [1.165, 1.54) is 6.92 Å². The zero-order valence-corrected chi connectivity index (χ0v) is 13.9. The lowest BCUT2D eigenvalue weighted by molar-refractivity contribution is -0.173. The smallest absolute Gasteiger partial charge is 0.386 e. The van der Waals surface area contributed by atoms with Crippen LogP contribution in [0.5, 0.6) is 0 Å². The van der Waals surface area contributed by atoms with Gasteiger partial charge in [0.05, 0.1) is 11.3 Å². The van der Waals surface area contributed by atoms with Gasteiger partial charge in [0.15, 0.2) is 0 Å². The van der Waals surface area contributed by atoms with Gasteiger partial charge < -0.3 is 4.84 Å². The van der Waals surface area contributed by atoms with Crippen molar-refractivity contribution in [1.29, 1.82) is 4.78 Å². The molecule has 1 aromatic rings. The summed E-state index contributed by atoms with van der Waals surface area (Å²) in [6.07, 6.45) is -9.36. The van der Waals surface area contributed by atoms with Crippen LogP contribution in [0.1, 0.15) is 24.5 Å². The summed E-state index contributed by atoms with van der Waals surface area (Å²) in [6.45, 7) is -0.241. The summed E-state index contributed by atoms with van der Waals surface area (Å²) < 4.78 is 97.3. The molecular weight excluding hydrogens is 402 g/mol. The third kappa shape index (κ3) is 9.92. The summed E-state index contributed by atoms with van der Waals surface area (Å²) in [4.78, 5) is 4.07. The van der Waals surface area contributed by atoms with Gasteiger partial charge in [-0.25, -0.2) is 0 Å². The quantitative estimate of drug-likeness (QED) is 0.443. The van der Waals surface area contributed by atoms with Crippen molar-refractivity contribution >= 4 is 27.8 Å². The van der Waals surface area contributed by atoms with Gasteiger partial charge in [0.2, 0.25) is 6.61 Å². The van der Waals surface area contributed by atoms with E-state index in [1.807, 2.05) is 0 Å². The molecular formula is C12H11ClF6N2O3S. The summed E-state index contributed by atoms with van der Waals surface area (Å²) in [5.74, 6) is 0. The summed E-state index contributed by atoms with van der Waals surface area (Å²) in [5, 5.41) is 3.16. The van der Waals surface area contributed by atoms with Gasteiger partial charge in [-0.15, -0.1) is 0 Å². The molecule has 142 valence electrons. The molecule has 1 N–H and O–H groups in total. The first-order valence-corrected chi connectivity index (χ1v) is 7.66. The van der Waals surface area contributed by atoms with Crippen LogP contribution in [0.2, 0.25) is 5.02 Å². The predicted octanol–water partition coefficient (Wildman–Crippen LogP) is 4.68. The van der Waals surface area contributed by atoms with Gasteiger partial charge in [-0.2, -0.15) is 39.5 Å². The first kappa shape index (κ1) is 23.2. The second kappa shape index (κ2) is 9.61. The molecule has 0 radical (unpaired) electrons. The maximum Gasteiger partial charge on any atom is 0.425 e. The van der Waals surface area contributed by atoms with Crippen molar-refractivity contribution < 1.29 is 39.6 Å². The largest absolute Gasteiger partial charge is 0.425 e. The van der Waals surface area contributed by atoms with E-state index in [4.69, 9.17) is 24.8 Å². The van der Waals surface area contributed by atoms with Crippen molar-refractivity contribution in [1.82, 2.24) is 0 Å². The summed E-state index contributed by atoms with van der Waals surface area (Å²) in [6, 6.07) is 2.77. The summed E-state index contributed by atoms with van der Waals surface area (Å²) >= 11 is 5.63. The summed E-state index contributed by atoms with van der Waals surface area (Å²) in [5.41, 5.74) is -1.71. The van der Waals surface area contributed by atoms with E-state index in [0.29, 0.717) is 0 Å². The topological polar surface area (TPSA) is 79.6 Å². The number of alkyl halides is 6. The minimum Gasteiger partial charge on any atom is -0.386 e. The van der Waals surface area contributed by atoms with E-state index in [0.717, 1.165) is 18.2 Å². The van der Waals surface area contributed by atoms with Gasteiger partial charge in [-0.3, -0.25) is 0 Å². The van der Waals surface area contributed by atoms with Gasteiger partial charge >= 0.3 is 22.9 Å². The van der Waals surface area contributed by atoms with Gasteiger partial charge in [-0.05, 0) is 24.6 Å². The molecule has 0 saturated carbocycles. The first-order chi connectivity index (χ1) is 11.3. The van der Waals surface area contributed by atoms with Crippen LogP contribution in [0, 0.1) is 4.78 Å². The normalized spacial score (nSPS) is 12.2. The van der Waals surface area contributed by atoms with Crippen molar-refractivity contribution in [3.05, 3.63) is 34.3 Å². The fourth-order valence-electron chi connectivity index (χ4n) is 1.49. The van der Waals surface area contributed by atoms with E-state index in [-0.39, 0.29) is 17.2 Å². The van der Waals surface area contributed by atoms with Crippen LogP contribution < -0.4 is 0 Å². The Morgan fingerprint density at radius 2 is 1.76 bits per heavy atom. The number of halogens is 7. The molecule has 0 unspecified atom stereocenters. The Morgan fingerprint density at radius 3 is 2.16 bits per heavy atom. The molecule has 0 atom stereocenters. The Bertz CT molecular complexity index is 710. The van der Waals surface area contributed by atoms with Crippen LogP contribution >= 0.6 is 11.6 Å². The van der Waals surface area contributed by atoms with Crippen LogP contribution in [-0.2, 0) is 21.5 Å². The lowest BCUT2D eigenvalue weighted by Crippen LogP contribution is -2.17. The number of oxime groups is 1. The molecule has 0 aliphatic carbocycles. The van der Waals surface area contributed by atoms with Crippen molar-refractivity contribution in [3.63, 3.8) is 0 Å². The van der Waals surface area contributed by atoms with Gasteiger partial charge in [0, 0.05) is 10.6 Å². The molecule has 0 heterocycles. The Morgan fingerprint density at radius 1 is 1.24 bits per heavy atom. The number of hydrogen-bond donors (Lipinski definition) is 1. The predicted molar refractivity (Wildman–Crippen MR) is 76.9 cm³/mol. The van der Waals surface area contributed by atoms with Gasteiger partial charge in [-0.1, -0.05) is 23.7 Å². The molecule has 13 heteroatoms. The Labute approximate surface area is 144 Å². The van der Waals surface area contributed by atoms with Gasteiger partial charge in [0.1, 0.15) is 0 Å². The van der Waals surface area contributed by atoms with E-state index in [2.05, 4.69) is 9.99 Å². The van der Waals surface area contributed by atoms with Crippen molar-refractivity contribution in [2.24, 2.45) is 5.16 Å². The fraction of sp³-hybridized carbons (Fsp3) is 0.417. The molecule has 0 fully saturated rings. The van der Waals surface area contributed by atoms with Crippen molar-refractivity contribution in [2.45, 2.75) is 25.7 Å². The van der Waals surface area contributed by atoms with Crippen LogP contribution in [-0.4, -0.2) is 26.9 Å². The van der Waals surface area contributed by atoms with E-state index < -0.39 is 40.6 Å². The average Bonchev–Trinajstić information content (AvgIpc) is 2.40.